The maximum absolute atomic E-state index is 11.9. The van der Waals surface area contributed by atoms with Crippen LogP contribution in [-0.4, -0.2) is 19.8 Å². The van der Waals surface area contributed by atoms with E-state index in [1.54, 1.807) is 11.3 Å². The lowest BCUT2D eigenvalue weighted by molar-refractivity contribution is 0.130. The molecule has 3 nitrogen and oxygen atoms in total. The fraction of sp³-hybridized carbons (Fsp3) is 0.333. The molecule has 0 aliphatic rings. The predicted octanol–water partition coefficient (Wildman–Crippen LogP) is 3.63. The summed E-state index contributed by atoms with van der Waals surface area (Å²) < 4.78 is 23.0. The smallest absolute Gasteiger partial charge is 0.129 e. The molecule has 2 aromatic heterocycles. The highest BCUT2D eigenvalue weighted by molar-refractivity contribution is 7.08. The molecule has 2 rings (SSSR count). The van der Waals surface area contributed by atoms with Gasteiger partial charge in [0, 0.05) is 6.54 Å². The Kier molecular flexibility index (Phi) is 6.50. The SMILES string of the molecule is FCCNCc1ccc(COC/C=C/c2ccsc2)o1. The van der Waals surface area contributed by atoms with Crippen LogP contribution in [0, 0.1) is 0 Å². The minimum Gasteiger partial charge on any atom is -0.462 e. The van der Waals surface area contributed by atoms with Gasteiger partial charge in [-0.3, -0.25) is 0 Å². The van der Waals surface area contributed by atoms with Gasteiger partial charge < -0.3 is 14.5 Å². The topological polar surface area (TPSA) is 34.4 Å². The number of halogens is 1. The first-order valence-corrected chi connectivity index (χ1v) is 7.43. The van der Waals surface area contributed by atoms with Gasteiger partial charge >= 0.3 is 0 Å². The largest absolute Gasteiger partial charge is 0.462 e. The van der Waals surface area contributed by atoms with Gasteiger partial charge in [-0.2, -0.15) is 11.3 Å². The number of hydrogen-bond acceptors (Lipinski definition) is 4. The van der Waals surface area contributed by atoms with Crippen LogP contribution in [0.3, 0.4) is 0 Å². The molecule has 2 aromatic rings. The molecule has 0 saturated carbocycles. The van der Waals surface area contributed by atoms with Crippen LogP contribution in [0.1, 0.15) is 17.1 Å². The summed E-state index contributed by atoms with van der Waals surface area (Å²) in [5, 5.41) is 7.06. The molecule has 0 unspecified atom stereocenters. The maximum atomic E-state index is 11.9. The molecule has 0 amide bonds. The molecule has 2 heterocycles. The van der Waals surface area contributed by atoms with Crippen molar-refractivity contribution >= 4 is 17.4 Å². The van der Waals surface area contributed by atoms with E-state index in [1.807, 2.05) is 29.7 Å². The zero-order valence-corrected chi connectivity index (χ0v) is 12.0. The Morgan fingerprint density at radius 1 is 1.30 bits per heavy atom. The summed E-state index contributed by atoms with van der Waals surface area (Å²) in [5.74, 6) is 1.58. The minimum absolute atomic E-state index is 0.347. The van der Waals surface area contributed by atoms with Crippen LogP contribution >= 0.6 is 11.3 Å². The summed E-state index contributed by atoms with van der Waals surface area (Å²) in [5.41, 5.74) is 1.19. The highest BCUT2D eigenvalue weighted by Crippen LogP contribution is 2.10. The van der Waals surface area contributed by atoms with Crippen LogP contribution in [-0.2, 0) is 17.9 Å². The van der Waals surface area contributed by atoms with Crippen LogP contribution in [0.2, 0.25) is 0 Å². The van der Waals surface area contributed by atoms with E-state index in [4.69, 9.17) is 9.15 Å². The van der Waals surface area contributed by atoms with Crippen LogP contribution in [0.25, 0.3) is 6.08 Å². The second kappa shape index (κ2) is 8.68. The van der Waals surface area contributed by atoms with Gasteiger partial charge in [0.15, 0.2) is 0 Å². The van der Waals surface area contributed by atoms with Crippen molar-refractivity contribution in [3.8, 4) is 0 Å². The van der Waals surface area contributed by atoms with Crippen molar-refractivity contribution < 1.29 is 13.5 Å². The van der Waals surface area contributed by atoms with Crippen LogP contribution in [0.4, 0.5) is 4.39 Å². The molecule has 1 N–H and O–H groups in total. The van der Waals surface area contributed by atoms with Gasteiger partial charge in [0.2, 0.25) is 0 Å². The van der Waals surface area contributed by atoms with Crippen LogP contribution in [0.5, 0.6) is 0 Å². The molecule has 0 atom stereocenters. The number of hydrogen-bond donors (Lipinski definition) is 1. The van der Waals surface area contributed by atoms with Crippen molar-refractivity contribution in [2.24, 2.45) is 0 Å². The Balaban J connectivity index is 1.64. The molecule has 0 radical (unpaired) electrons. The monoisotopic (exact) mass is 295 g/mol. The summed E-state index contributed by atoms with van der Waals surface area (Å²) in [6, 6.07) is 5.82. The molecule has 0 saturated heterocycles. The Morgan fingerprint density at radius 3 is 3.00 bits per heavy atom. The molecule has 0 bridgehead atoms. The fourth-order valence-electron chi connectivity index (χ4n) is 1.65. The van der Waals surface area contributed by atoms with Gasteiger partial charge in [0.25, 0.3) is 0 Å². The number of thiophene rings is 1. The first-order chi connectivity index (χ1) is 9.88. The Labute approximate surface area is 122 Å². The zero-order valence-electron chi connectivity index (χ0n) is 11.2. The minimum atomic E-state index is -0.368. The van der Waals surface area contributed by atoms with Crippen molar-refractivity contribution in [2.75, 3.05) is 19.8 Å². The molecule has 0 aliphatic heterocycles. The van der Waals surface area contributed by atoms with E-state index < -0.39 is 0 Å². The fourth-order valence-corrected chi connectivity index (χ4v) is 2.28. The molecule has 20 heavy (non-hydrogen) atoms. The predicted molar refractivity (Wildman–Crippen MR) is 79.4 cm³/mol. The van der Waals surface area contributed by atoms with Crippen molar-refractivity contribution in [1.29, 1.82) is 0 Å². The van der Waals surface area contributed by atoms with Gasteiger partial charge in [-0.15, -0.1) is 0 Å². The Hall–Kier alpha value is -1.43. The average molecular weight is 295 g/mol. The molecule has 5 heteroatoms. The summed E-state index contributed by atoms with van der Waals surface area (Å²) >= 11 is 1.67. The third kappa shape index (κ3) is 5.28. The number of rotatable bonds is 9. The highest BCUT2D eigenvalue weighted by atomic mass is 32.1. The van der Waals surface area contributed by atoms with E-state index in [2.05, 4.69) is 16.8 Å². The summed E-state index contributed by atoms with van der Waals surface area (Å²) in [7, 11) is 0. The van der Waals surface area contributed by atoms with Gasteiger partial charge in [-0.05, 0) is 34.5 Å². The van der Waals surface area contributed by atoms with E-state index in [-0.39, 0.29) is 6.67 Å². The Bertz CT molecular complexity index is 508. The Morgan fingerprint density at radius 2 is 2.20 bits per heavy atom. The van der Waals surface area contributed by atoms with Crippen molar-refractivity contribution in [3.05, 3.63) is 52.1 Å². The van der Waals surface area contributed by atoms with Crippen LogP contribution < -0.4 is 5.32 Å². The quantitative estimate of drug-likeness (QED) is 0.717. The molecule has 108 valence electrons. The summed E-state index contributed by atoms with van der Waals surface area (Å²) in [6.45, 7) is 1.51. The second-order valence-corrected chi connectivity index (χ2v) is 4.99. The molecule has 0 aliphatic carbocycles. The number of alkyl halides is 1. The second-order valence-electron chi connectivity index (χ2n) is 4.21. The van der Waals surface area contributed by atoms with Crippen molar-refractivity contribution in [1.82, 2.24) is 5.32 Å². The molecular formula is C15H18FNO2S. The molecule has 0 fully saturated rings. The van der Waals surface area contributed by atoms with Crippen LogP contribution in [0.15, 0.2) is 39.5 Å². The molecule has 0 spiro atoms. The van der Waals surface area contributed by atoms with Gasteiger partial charge in [0.05, 0.1) is 13.2 Å². The first kappa shape index (κ1) is 15.0. The van der Waals surface area contributed by atoms with E-state index in [9.17, 15) is 4.39 Å². The lowest BCUT2D eigenvalue weighted by Crippen LogP contribution is -2.15. The third-order valence-electron chi connectivity index (χ3n) is 2.60. The number of nitrogens with one attached hydrogen (secondary N) is 1. The molecule has 0 aromatic carbocycles. The third-order valence-corrected chi connectivity index (χ3v) is 3.30. The van der Waals surface area contributed by atoms with Gasteiger partial charge in [-0.25, -0.2) is 4.39 Å². The zero-order chi connectivity index (χ0) is 14.0. The maximum Gasteiger partial charge on any atom is 0.129 e. The van der Waals surface area contributed by atoms with Gasteiger partial charge in [-0.1, -0.05) is 12.2 Å². The summed E-state index contributed by atoms with van der Waals surface area (Å²) in [6.07, 6.45) is 4.01. The lowest BCUT2D eigenvalue weighted by atomic mass is 10.3. The number of ether oxygens (including phenoxy) is 1. The van der Waals surface area contributed by atoms with E-state index in [0.29, 0.717) is 26.3 Å². The first-order valence-electron chi connectivity index (χ1n) is 6.49. The van der Waals surface area contributed by atoms with Crippen molar-refractivity contribution in [2.45, 2.75) is 13.2 Å². The number of furan rings is 1. The lowest BCUT2D eigenvalue weighted by Gasteiger charge is -1.99. The molecular weight excluding hydrogens is 277 g/mol. The standard InChI is InChI=1S/C15H18FNO2S/c16-6-7-17-10-14-3-4-15(19-14)11-18-8-1-2-13-5-9-20-12-13/h1-5,9,12,17H,6-8,10-11H2/b2-1+. The van der Waals surface area contributed by atoms with E-state index >= 15 is 0 Å². The van der Waals surface area contributed by atoms with E-state index in [0.717, 1.165) is 11.5 Å². The van der Waals surface area contributed by atoms with Crippen molar-refractivity contribution in [3.63, 3.8) is 0 Å². The highest BCUT2D eigenvalue weighted by Gasteiger charge is 2.01. The van der Waals surface area contributed by atoms with Gasteiger partial charge in [0.1, 0.15) is 24.8 Å². The normalized spacial score (nSPS) is 11.4. The summed E-state index contributed by atoms with van der Waals surface area (Å²) in [4.78, 5) is 0. The average Bonchev–Trinajstić information content (AvgIpc) is 3.10. The van der Waals surface area contributed by atoms with E-state index in [1.165, 1.54) is 5.56 Å².